The normalized spacial score (nSPS) is 14.8. The molecule has 212 valence electrons. The first kappa shape index (κ1) is 28.4. The number of alkyl halides is 3. The van der Waals surface area contributed by atoms with Crippen LogP contribution >= 0.6 is 0 Å². The van der Waals surface area contributed by atoms with Crippen molar-refractivity contribution in [2.45, 2.75) is 19.0 Å². The zero-order chi connectivity index (χ0) is 30.0. The number of likely N-dealkylation sites (N-methyl/N-ethyl adjacent to an activating group) is 1. The van der Waals surface area contributed by atoms with E-state index >= 15 is 0 Å². The SMILES string of the molecule is C=CC(=O)Nc1ccccc1B1c2cnn(-c3ccccc3)c2N(CC)C(=O)[C@@H]1NC(=O)c1cccc(C(F)(F)F)c1. The number of benzene rings is 3. The largest absolute Gasteiger partial charge is 0.416 e. The molecule has 2 heterocycles. The average molecular weight is 571 g/mol. The van der Waals surface area contributed by atoms with Gasteiger partial charge in [0.25, 0.3) is 12.6 Å². The molecular formula is C30H25BF3N5O3. The van der Waals surface area contributed by atoms with Crippen molar-refractivity contribution in [3.63, 3.8) is 0 Å². The number of carbonyl (C=O) groups excluding carboxylic acids is 3. The molecule has 0 unspecified atom stereocenters. The van der Waals surface area contributed by atoms with Crippen LogP contribution in [0.2, 0.25) is 0 Å². The zero-order valence-corrected chi connectivity index (χ0v) is 22.4. The van der Waals surface area contributed by atoms with Crippen LogP contribution < -0.4 is 26.5 Å². The molecule has 5 rings (SSSR count). The average Bonchev–Trinajstić information content (AvgIpc) is 3.42. The number of rotatable bonds is 7. The molecule has 1 atom stereocenters. The van der Waals surface area contributed by atoms with Crippen molar-refractivity contribution in [1.29, 1.82) is 0 Å². The summed E-state index contributed by atoms with van der Waals surface area (Å²) in [7, 11) is 0. The number of para-hydroxylation sites is 2. The van der Waals surface area contributed by atoms with Gasteiger partial charge in [0.1, 0.15) is 5.82 Å². The van der Waals surface area contributed by atoms with Crippen molar-refractivity contribution in [1.82, 2.24) is 15.1 Å². The van der Waals surface area contributed by atoms with E-state index in [1.54, 1.807) is 42.1 Å². The Bertz CT molecular complexity index is 1670. The third-order valence-corrected chi connectivity index (χ3v) is 7.02. The number of nitrogens with one attached hydrogen (secondary N) is 2. The predicted octanol–water partition coefficient (Wildman–Crippen LogP) is 3.33. The van der Waals surface area contributed by atoms with E-state index in [1.807, 2.05) is 30.3 Å². The molecule has 8 nitrogen and oxygen atoms in total. The summed E-state index contributed by atoms with van der Waals surface area (Å²) >= 11 is 0. The number of amides is 3. The molecule has 0 bridgehead atoms. The Morgan fingerprint density at radius 2 is 1.74 bits per heavy atom. The van der Waals surface area contributed by atoms with Crippen LogP contribution in [-0.2, 0) is 15.8 Å². The number of hydrogen-bond acceptors (Lipinski definition) is 4. The van der Waals surface area contributed by atoms with Gasteiger partial charge in [-0.25, -0.2) is 4.68 Å². The summed E-state index contributed by atoms with van der Waals surface area (Å²) in [6.07, 6.45) is -1.95. The van der Waals surface area contributed by atoms with Crippen molar-refractivity contribution >= 4 is 46.9 Å². The molecule has 3 aromatic carbocycles. The Hall–Kier alpha value is -5.13. The summed E-state index contributed by atoms with van der Waals surface area (Å²) in [5.41, 5.74) is 0.916. The molecule has 0 spiro atoms. The molecule has 42 heavy (non-hydrogen) atoms. The first-order valence-electron chi connectivity index (χ1n) is 13.1. The lowest BCUT2D eigenvalue weighted by Gasteiger charge is -2.37. The van der Waals surface area contributed by atoms with Crippen LogP contribution in [0, 0.1) is 0 Å². The second-order valence-corrected chi connectivity index (χ2v) is 9.54. The second-order valence-electron chi connectivity index (χ2n) is 9.54. The first-order chi connectivity index (χ1) is 20.1. The van der Waals surface area contributed by atoms with Crippen LogP contribution in [0.15, 0.2) is 97.7 Å². The molecular weight excluding hydrogens is 546 g/mol. The predicted molar refractivity (Wildman–Crippen MR) is 155 cm³/mol. The van der Waals surface area contributed by atoms with E-state index in [0.29, 0.717) is 28.1 Å². The maximum atomic E-state index is 14.2. The van der Waals surface area contributed by atoms with E-state index in [0.717, 1.165) is 24.3 Å². The van der Waals surface area contributed by atoms with Gasteiger partial charge in [0, 0.05) is 24.0 Å². The summed E-state index contributed by atoms with van der Waals surface area (Å²) in [6, 6.07) is 20.0. The summed E-state index contributed by atoms with van der Waals surface area (Å²) in [4.78, 5) is 41.3. The lowest BCUT2D eigenvalue weighted by molar-refractivity contribution is -0.137. The molecule has 0 saturated heterocycles. The van der Waals surface area contributed by atoms with Crippen molar-refractivity contribution in [3.05, 3.63) is 109 Å². The van der Waals surface area contributed by atoms with Gasteiger partial charge in [-0.15, -0.1) is 0 Å². The number of nitrogens with zero attached hydrogens (tertiary/aromatic N) is 3. The van der Waals surface area contributed by atoms with Gasteiger partial charge in [0.05, 0.1) is 17.2 Å². The Morgan fingerprint density at radius 1 is 1.02 bits per heavy atom. The highest BCUT2D eigenvalue weighted by Crippen LogP contribution is 2.30. The second kappa shape index (κ2) is 11.4. The van der Waals surface area contributed by atoms with Crippen LogP contribution in [0.25, 0.3) is 5.69 Å². The highest BCUT2D eigenvalue weighted by atomic mass is 19.4. The maximum absolute atomic E-state index is 14.2. The van der Waals surface area contributed by atoms with Crippen LogP contribution in [0.1, 0.15) is 22.8 Å². The molecule has 3 amide bonds. The number of fused-ring (bicyclic) bond motifs is 1. The molecule has 0 fully saturated rings. The van der Waals surface area contributed by atoms with Crippen LogP contribution in [0.3, 0.4) is 0 Å². The number of anilines is 2. The minimum Gasteiger partial charge on any atom is -0.346 e. The summed E-state index contributed by atoms with van der Waals surface area (Å²) in [5.74, 6) is -2.59. The Labute approximate surface area is 239 Å². The highest BCUT2D eigenvalue weighted by molar-refractivity contribution is 6.92. The van der Waals surface area contributed by atoms with E-state index in [-0.39, 0.29) is 12.1 Å². The van der Waals surface area contributed by atoms with E-state index < -0.39 is 42.1 Å². The fourth-order valence-electron chi connectivity index (χ4n) is 5.12. The van der Waals surface area contributed by atoms with Crippen molar-refractivity contribution in [3.8, 4) is 5.69 Å². The maximum Gasteiger partial charge on any atom is 0.416 e. The van der Waals surface area contributed by atoms with Crippen molar-refractivity contribution in [2.75, 3.05) is 16.8 Å². The van der Waals surface area contributed by atoms with Crippen LogP contribution in [0.4, 0.5) is 24.7 Å². The first-order valence-corrected chi connectivity index (χ1v) is 13.1. The van der Waals surface area contributed by atoms with Gasteiger partial charge in [-0.2, -0.15) is 18.3 Å². The monoisotopic (exact) mass is 571 g/mol. The van der Waals surface area contributed by atoms with Gasteiger partial charge in [-0.1, -0.05) is 49.0 Å². The standard InChI is InChI=1S/C30H25BF3N5O3/c1-3-25(40)36-24-16-9-8-15-22(24)31-23-18-35-39(21-13-6-5-7-14-21)28(23)38(4-2)29(42)26(31)37-27(41)19-11-10-12-20(17-19)30(32,33)34/h3,5-18,26H,1,4H2,2H3,(H,36,40)(H,37,41)/t26-/m0/s1. The molecule has 1 aliphatic rings. The molecule has 12 heteroatoms. The molecule has 1 aromatic heterocycles. The molecule has 0 saturated carbocycles. The van der Waals surface area contributed by atoms with E-state index in [9.17, 15) is 27.6 Å². The van der Waals surface area contributed by atoms with Crippen molar-refractivity contribution < 1.29 is 27.6 Å². The number of hydrogen-bond donors (Lipinski definition) is 2. The topological polar surface area (TPSA) is 96.3 Å². The fraction of sp³-hybridized carbons (Fsp3) is 0.133. The van der Waals surface area contributed by atoms with E-state index in [2.05, 4.69) is 22.3 Å². The number of carbonyl (C=O) groups is 3. The van der Waals surface area contributed by atoms with E-state index in [1.165, 1.54) is 11.0 Å². The Balaban J connectivity index is 1.66. The molecule has 0 aliphatic carbocycles. The summed E-state index contributed by atoms with van der Waals surface area (Å²) in [5, 5.41) is 10.0. The molecule has 4 aromatic rings. The lowest BCUT2D eigenvalue weighted by Crippen LogP contribution is -2.69. The number of aromatic nitrogens is 2. The zero-order valence-electron chi connectivity index (χ0n) is 22.4. The summed E-state index contributed by atoms with van der Waals surface area (Å²) in [6.45, 7) is 4.63. The minimum atomic E-state index is -4.65. The Morgan fingerprint density at radius 3 is 2.43 bits per heavy atom. The van der Waals surface area contributed by atoms with Gasteiger partial charge in [-0.05, 0) is 60.3 Å². The fourth-order valence-corrected chi connectivity index (χ4v) is 5.12. The third kappa shape index (κ3) is 5.30. The third-order valence-electron chi connectivity index (χ3n) is 7.02. The van der Waals surface area contributed by atoms with Gasteiger partial charge >= 0.3 is 6.18 Å². The lowest BCUT2D eigenvalue weighted by atomic mass is 9.34. The van der Waals surface area contributed by atoms with E-state index in [4.69, 9.17) is 0 Å². The van der Waals surface area contributed by atoms with Crippen LogP contribution in [0.5, 0.6) is 0 Å². The van der Waals surface area contributed by atoms with Gasteiger partial charge in [0.2, 0.25) is 11.8 Å². The molecule has 2 N–H and O–H groups in total. The Kier molecular flexibility index (Phi) is 7.71. The highest BCUT2D eigenvalue weighted by Gasteiger charge is 2.47. The van der Waals surface area contributed by atoms with Crippen LogP contribution in [-0.4, -0.2) is 46.7 Å². The summed E-state index contributed by atoms with van der Waals surface area (Å²) < 4.78 is 41.7. The minimum absolute atomic E-state index is 0.224. The smallest absolute Gasteiger partial charge is 0.346 e. The van der Waals surface area contributed by atoms with Gasteiger partial charge in [0.15, 0.2) is 0 Å². The van der Waals surface area contributed by atoms with Gasteiger partial charge in [-0.3, -0.25) is 19.3 Å². The quantitative estimate of drug-likeness (QED) is 0.263. The van der Waals surface area contributed by atoms with Gasteiger partial charge < -0.3 is 10.6 Å². The van der Waals surface area contributed by atoms with Crippen molar-refractivity contribution in [2.24, 2.45) is 0 Å². The number of halogens is 3. The molecule has 1 aliphatic heterocycles. The molecule has 0 radical (unpaired) electrons.